The maximum atomic E-state index is 4.58. The molecule has 0 saturated carbocycles. The predicted molar refractivity (Wildman–Crippen MR) is 88.4 cm³/mol. The molecule has 0 aliphatic carbocycles. The Labute approximate surface area is 128 Å². The molecule has 3 heteroatoms. The smallest absolute Gasteiger partial charge is 0.0669 e. The van der Waals surface area contributed by atoms with Crippen LogP contribution in [0.5, 0.6) is 0 Å². The van der Waals surface area contributed by atoms with Gasteiger partial charge in [-0.1, -0.05) is 44.2 Å². The molecule has 0 bridgehead atoms. The van der Waals surface area contributed by atoms with Crippen molar-refractivity contribution in [3.05, 3.63) is 53.3 Å². The number of aryl methyl sites for hydroxylation is 3. The second-order valence-electron chi connectivity index (χ2n) is 5.55. The first-order chi connectivity index (χ1) is 10.2. The maximum absolute atomic E-state index is 4.58. The molecule has 0 spiro atoms. The van der Waals surface area contributed by atoms with Crippen molar-refractivity contribution in [2.45, 2.75) is 45.6 Å². The summed E-state index contributed by atoms with van der Waals surface area (Å²) in [6.07, 6.45) is 6.66. The molecule has 1 atom stereocenters. The molecule has 0 aliphatic rings. The molecule has 0 radical (unpaired) electrons. The van der Waals surface area contributed by atoms with E-state index in [1.54, 1.807) is 0 Å². The van der Waals surface area contributed by atoms with Gasteiger partial charge in [-0.05, 0) is 37.8 Å². The van der Waals surface area contributed by atoms with E-state index in [4.69, 9.17) is 0 Å². The van der Waals surface area contributed by atoms with Crippen molar-refractivity contribution >= 4 is 0 Å². The summed E-state index contributed by atoms with van der Waals surface area (Å²) in [6, 6.07) is 11.2. The van der Waals surface area contributed by atoms with Crippen LogP contribution in [-0.2, 0) is 19.9 Å². The van der Waals surface area contributed by atoms with Gasteiger partial charge in [0.15, 0.2) is 0 Å². The van der Waals surface area contributed by atoms with Crippen LogP contribution in [0.15, 0.2) is 36.5 Å². The minimum atomic E-state index is 0.419. The normalized spacial score (nSPS) is 12.5. The summed E-state index contributed by atoms with van der Waals surface area (Å²) in [4.78, 5) is 0. The summed E-state index contributed by atoms with van der Waals surface area (Å²) in [6.45, 7) is 5.35. The SMILES string of the molecule is CCNC(CCCc1ccccc1)c1cn(C)nc1CC. The van der Waals surface area contributed by atoms with Gasteiger partial charge in [-0.2, -0.15) is 5.10 Å². The number of hydrogen-bond acceptors (Lipinski definition) is 2. The first-order valence-corrected chi connectivity index (χ1v) is 8.04. The number of rotatable bonds is 8. The minimum Gasteiger partial charge on any atom is -0.310 e. The van der Waals surface area contributed by atoms with E-state index in [9.17, 15) is 0 Å². The van der Waals surface area contributed by atoms with Gasteiger partial charge < -0.3 is 5.32 Å². The fraction of sp³-hybridized carbons (Fsp3) is 0.500. The molecular weight excluding hydrogens is 258 g/mol. The average molecular weight is 285 g/mol. The van der Waals surface area contributed by atoms with Crippen LogP contribution < -0.4 is 5.32 Å². The zero-order chi connectivity index (χ0) is 15.1. The first kappa shape index (κ1) is 15.8. The highest BCUT2D eigenvalue weighted by molar-refractivity contribution is 5.22. The Hall–Kier alpha value is -1.61. The van der Waals surface area contributed by atoms with Crippen molar-refractivity contribution in [3.8, 4) is 0 Å². The second kappa shape index (κ2) is 7.99. The Morgan fingerprint density at radius 1 is 1.19 bits per heavy atom. The van der Waals surface area contributed by atoms with E-state index in [0.29, 0.717) is 6.04 Å². The lowest BCUT2D eigenvalue weighted by atomic mass is 9.98. The third-order valence-electron chi connectivity index (χ3n) is 3.90. The van der Waals surface area contributed by atoms with Crippen LogP contribution in [0.3, 0.4) is 0 Å². The molecule has 3 nitrogen and oxygen atoms in total. The highest BCUT2D eigenvalue weighted by Crippen LogP contribution is 2.23. The molecule has 1 aromatic heterocycles. The molecule has 0 fully saturated rings. The molecule has 114 valence electrons. The first-order valence-electron chi connectivity index (χ1n) is 8.04. The lowest BCUT2D eigenvalue weighted by Gasteiger charge is -2.18. The summed E-state index contributed by atoms with van der Waals surface area (Å²) in [5, 5.41) is 8.20. The van der Waals surface area contributed by atoms with E-state index in [2.05, 4.69) is 60.8 Å². The van der Waals surface area contributed by atoms with Gasteiger partial charge in [0.05, 0.1) is 5.69 Å². The van der Waals surface area contributed by atoms with Gasteiger partial charge in [-0.25, -0.2) is 0 Å². The summed E-state index contributed by atoms with van der Waals surface area (Å²) in [7, 11) is 2.01. The number of nitrogens with one attached hydrogen (secondary N) is 1. The highest BCUT2D eigenvalue weighted by Gasteiger charge is 2.16. The number of aromatic nitrogens is 2. The lowest BCUT2D eigenvalue weighted by Crippen LogP contribution is -2.21. The van der Waals surface area contributed by atoms with Gasteiger partial charge >= 0.3 is 0 Å². The summed E-state index contributed by atoms with van der Waals surface area (Å²) >= 11 is 0. The van der Waals surface area contributed by atoms with E-state index >= 15 is 0 Å². The van der Waals surface area contributed by atoms with Crippen LogP contribution in [0.1, 0.15) is 49.6 Å². The Balaban J connectivity index is 1.98. The zero-order valence-corrected chi connectivity index (χ0v) is 13.5. The molecule has 1 unspecified atom stereocenters. The van der Waals surface area contributed by atoms with Crippen LogP contribution in [0.25, 0.3) is 0 Å². The molecule has 2 rings (SSSR count). The van der Waals surface area contributed by atoms with E-state index in [1.807, 2.05) is 11.7 Å². The van der Waals surface area contributed by atoms with Crippen molar-refractivity contribution in [2.24, 2.45) is 7.05 Å². The van der Waals surface area contributed by atoms with Crippen LogP contribution in [-0.4, -0.2) is 16.3 Å². The third kappa shape index (κ3) is 4.43. The number of benzene rings is 1. The molecule has 2 aromatic rings. The van der Waals surface area contributed by atoms with Crippen LogP contribution in [0, 0.1) is 0 Å². The Kier molecular flexibility index (Phi) is 6.00. The Morgan fingerprint density at radius 2 is 1.95 bits per heavy atom. The topological polar surface area (TPSA) is 29.9 Å². The zero-order valence-electron chi connectivity index (χ0n) is 13.5. The molecule has 1 N–H and O–H groups in total. The largest absolute Gasteiger partial charge is 0.310 e. The fourth-order valence-corrected chi connectivity index (χ4v) is 2.89. The van der Waals surface area contributed by atoms with Gasteiger partial charge in [0, 0.05) is 24.8 Å². The van der Waals surface area contributed by atoms with E-state index in [-0.39, 0.29) is 0 Å². The molecule has 0 saturated heterocycles. The fourth-order valence-electron chi connectivity index (χ4n) is 2.89. The van der Waals surface area contributed by atoms with Crippen LogP contribution in [0.4, 0.5) is 0 Å². The van der Waals surface area contributed by atoms with E-state index in [1.165, 1.54) is 23.2 Å². The molecule has 0 aliphatic heterocycles. The van der Waals surface area contributed by atoms with Gasteiger partial charge in [-0.15, -0.1) is 0 Å². The van der Waals surface area contributed by atoms with Crippen molar-refractivity contribution in [3.63, 3.8) is 0 Å². The standard InChI is InChI=1S/C18H27N3/c1-4-17-16(14-21(3)20-17)18(19-5-2)13-9-12-15-10-7-6-8-11-15/h6-8,10-11,14,18-19H,4-5,9,12-13H2,1-3H3. The Bertz CT molecular complexity index is 531. The van der Waals surface area contributed by atoms with Gasteiger partial charge in [0.25, 0.3) is 0 Å². The molecule has 1 aromatic carbocycles. The molecule has 21 heavy (non-hydrogen) atoms. The van der Waals surface area contributed by atoms with Gasteiger partial charge in [0.2, 0.25) is 0 Å². The molecule has 0 amide bonds. The molecular formula is C18H27N3. The number of hydrogen-bond donors (Lipinski definition) is 1. The Morgan fingerprint density at radius 3 is 2.62 bits per heavy atom. The highest BCUT2D eigenvalue weighted by atomic mass is 15.3. The summed E-state index contributed by atoms with van der Waals surface area (Å²) in [5.41, 5.74) is 4.02. The predicted octanol–water partition coefficient (Wildman–Crippen LogP) is 3.66. The van der Waals surface area contributed by atoms with Gasteiger partial charge in [-0.3, -0.25) is 4.68 Å². The number of nitrogens with zero attached hydrogens (tertiary/aromatic N) is 2. The van der Waals surface area contributed by atoms with Crippen LogP contribution >= 0.6 is 0 Å². The van der Waals surface area contributed by atoms with Crippen molar-refractivity contribution in [1.82, 2.24) is 15.1 Å². The quantitative estimate of drug-likeness (QED) is 0.802. The van der Waals surface area contributed by atoms with E-state index in [0.717, 1.165) is 25.8 Å². The monoisotopic (exact) mass is 285 g/mol. The third-order valence-corrected chi connectivity index (χ3v) is 3.90. The maximum Gasteiger partial charge on any atom is 0.0669 e. The van der Waals surface area contributed by atoms with Crippen molar-refractivity contribution in [1.29, 1.82) is 0 Å². The van der Waals surface area contributed by atoms with E-state index < -0.39 is 0 Å². The second-order valence-corrected chi connectivity index (χ2v) is 5.55. The molecule has 1 heterocycles. The summed E-state index contributed by atoms with van der Waals surface area (Å²) < 4.78 is 1.94. The minimum absolute atomic E-state index is 0.419. The summed E-state index contributed by atoms with van der Waals surface area (Å²) in [5.74, 6) is 0. The van der Waals surface area contributed by atoms with Gasteiger partial charge in [0.1, 0.15) is 0 Å². The van der Waals surface area contributed by atoms with Crippen molar-refractivity contribution < 1.29 is 0 Å². The lowest BCUT2D eigenvalue weighted by molar-refractivity contribution is 0.495. The van der Waals surface area contributed by atoms with Crippen molar-refractivity contribution in [2.75, 3.05) is 6.54 Å². The average Bonchev–Trinajstić information content (AvgIpc) is 2.88. The van der Waals surface area contributed by atoms with Crippen LogP contribution in [0.2, 0.25) is 0 Å².